The number of aryl methyl sites for hydroxylation is 1. The number of fused-ring (bicyclic) bond motifs is 1. The number of amides is 1. The molecule has 1 aromatic heterocycles. The van der Waals surface area contributed by atoms with Gasteiger partial charge >= 0.3 is 0 Å². The molecule has 0 fully saturated rings. The summed E-state index contributed by atoms with van der Waals surface area (Å²) in [7, 11) is 1.63. The summed E-state index contributed by atoms with van der Waals surface area (Å²) in [5.74, 6) is 0.897. The van der Waals surface area contributed by atoms with Crippen LogP contribution in [0.5, 0.6) is 0 Å². The molecule has 2 aromatic rings. The highest BCUT2D eigenvalue weighted by Gasteiger charge is 2.18. The fraction of sp³-hybridized carbons (Fsp3) is 0.400. The van der Waals surface area contributed by atoms with Gasteiger partial charge in [-0.2, -0.15) is 0 Å². The minimum absolute atomic E-state index is 0.0136. The Bertz CT molecular complexity index is 575. The van der Waals surface area contributed by atoms with Gasteiger partial charge in [-0.05, 0) is 19.4 Å². The van der Waals surface area contributed by atoms with Gasteiger partial charge in [0.25, 0.3) is 0 Å². The molecule has 1 atom stereocenters. The first kappa shape index (κ1) is 13.6. The lowest BCUT2D eigenvalue weighted by Crippen LogP contribution is -2.33. The quantitative estimate of drug-likeness (QED) is 0.868. The highest BCUT2D eigenvalue weighted by molar-refractivity contribution is 5.82. The Morgan fingerprint density at radius 1 is 1.37 bits per heavy atom. The molecule has 0 aliphatic carbocycles. The van der Waals surface area contributed by atoms with Crippen LogP contribution in [0.15, 0.2) is 28.7 Å². The van der Waals surface area contributed by atoms with Crippen molar-refractivity contribution in [3.63, 3.8) is 0 Å². The van der Waals surface area contributed by atoms with Gasteiger partial charge in [-0.15, -0.1) is 0 Å². The van der Waals surface area contributed by atoms with Crippen LogP contribution in [0.4, 0.5) is 0 Å². The first-order chi connectivity index (χ1) is 9.17. The monoisotopic (exact) mass is 260 g/mol. The molecule has 1 amide bonds. The number of rotatable bonds is 5. The van der Waals surface area contributed by atoms with Crippen LogP contribution < -0.4 is 10.6 Å². The number of hydrogen-bond acceptors (Lipinski definition) is 3. The van der Waals surface area contributed by atoms with Gasteiger partial charge in [-0.3, -0.25) is 10.1 Å². The molecule has 0 saturated heterocycles. The van der Waals surface area contributed by atoms with Gasteiger partial charge in [0.05, 0.1) is 12.6 Å². The van der Waals surface area contributed by atoms with E-state index in [2.05, 4.69) is 23.6 Å². The van der Waals surface area contributed by atoms with Crippen LogP contribution in [0.3, 0.4) is 0 Å². The molecule has 0 saturated carbocycles. The first-order valence-corrected chi connectivity index (χ1v) is 6.61. The fourth-order valence-corrected chi connectivity index (χ4v) is 2.26. The van der Waals surface area contributed by atoms with Gasteiger partial charge < -0.3 is 9.73 Å². The van der Waals surface area contributed by atoms with E-state index in [1.54, 1.807) is 7.05 Å². The molecule has 0 aliphatic rings. The number of benzene rings is 1. The molecule has 1 aromatic carbocycles. The lowest BCUT2D eigenvalue weighted by Gasteiger charge is -2.12. The molecule has 0 radical (unpaired) electrons. The zero-order valence-electron chi connectivity index (χ0n) is 11.6. The lowest BCUT2D eigenvalue weighted by atomic mass is 10.1. The molecule has 0 spiro atoms. The van der Waals surface area contributed by atoms with Crippen molar-refractivity contribution in [2.45, 2.75) is 26.3 Å². The maximum atomic E-state index is 11.3. The van der Waals surface area contributed by atoms with Crippen molar-refractivity contribution in [2.75, 3.05) is 13.6 Å². The standard InChI is InChI=1S/C15H20N2O2/c1-4-11-12-7-5-6-8-13(12)19-15(11)10(2)17-9-14(18)16-3/h5-8,10,17H,4,9H2,1-3H3,(H,16,18). The summed E-state index contributed by atoms with van der Waals surface area (Å²) < 4.78 is 5.92. The molecular weight excluding hydrogens is 240 g/mol. The van der Waals surface area contributed by atoms with Crippen molar-refractivity contribution in [1.82, 2.24) is 10.6 Å². The Kier molecular flexibility index (Phi) is 4.22. The average molecular weight is 260 g/mol. The van der Waals surface area contributed by atoms with Crippen molar-refractivity contribution in [2.24, 2.45) is 0 Å². The smallest absolute Gasteiger partial charge is 0.233 e. The summed E-state index contributed by atoms with van der Waals surface area (Å²) in [6.45, 7) is 4.42. The lowest BCUT2D eigenvalue weighted by molar-refractivity contribution is -0.119. The maximum absolute atomic E-state index is 11.3. The fourth-order valence-electron chi connectivity index (χ4n) is 2.26. The summed E-state index contributed by atoms with van der Waals surface area (Å²) in [5.41, 5.74) is 2.12. The zero-order valence-corrected chi connectivity index (χ0v) is 11.6. The molecule has 0 bridgehead atoms. The number of carbonyl (C=O) groups excluding carboxylic acids is 1. The van der Waals surface area contributed by atoms with Gasteiger partial charge in [0.2, 0.25) is 5.91 Å². The third kappa shape index (κ3) is 2.79. The number of hydrogen-bond donors (Lipinski definition) is 2. The first-order valence-electron chi connectivity index (χ1n) is 6.61. The van der Waals surface area contributed by atoms with E-state index in [-0.39, 0.29) is 18.5 Å². The van der Waals surface area contributed by atoms with Crippen molar-refractivity contribution in [1.29, 1.82) is 0 Å². The molecular formula is C15H20N2O2. The summed E-state index contributed by atoms with van der Waals surface area (Å²) in [5, 5.41) is 6.94. The Morgan fingerprint density at radius 2 is 2.11 bits per heavy atom. The Balaban J connectivity index is 2.26. The van der Waals surface area contributed by atoms with Crippen LogP contribution in [0.1, 0.15) is 31.2 Å². The zero-order chi connectivity index (χ0) is 13.8. The number of carbonyl (C=O) groups is 1. The van der Waals surface area contributed by atoms with Crippen molar-refractivity contribution < 1.29 is 9.21 Å². The van der Waals surface area contributed by atoms with Gasteiger partial charge in [-0.1, -0.05) is 25.1 Å². The van der Waals surface area contributed by atoms with E-state index in [1.165, 1.54) is 5.56 Å². The number of furan rings is 1. The molecule has 1 heterocycles. The van der Waals surface area contributed by atoms with Gasteiger partial charge in [0.1, 0.15) is 11.3 Å². The molecule has 1 unspecified atom stereocenters. The van der Waals surface area contributed by atoms with Crippen LogP contribution >= 0.6 is 0 Å². The number of likely N-dealkylation sites (N-methyl/N-ethyl adjacent to an activating group) is 1. The summed E-state index contributed by atoms with van der Waals surface area (Å²) >= 11 is 0. The van der Waals surface area contributed by atoms with E-state index in [0.717, 1.165) is 23.2 Å². The molecule has 102 valence electrons. The summed E-state index contributed by atoms with van der Waals surface area (Å²) in [6, 6.07) is 8.05. The molecule has 4 heteroatoms. The van der Waals surface area contributed by atoms with Crippen LogP contribution in [-0.2, 0) is 11.2 Å². The van der Waals surface area contributed by atoms with Crippen LogP contribution in [-0.4, -0.2) is 19.5 Å². The number of para-hydroxylation sites is 1. The molecule has 4 nitrogen and oxygen atoms in total. The second-order valence-corrected chi connectivity index (χ2v) is 4.57. The van der Waals surface area contributed by atoms with E-state index in [0.29, 0.717) is 0 Å². The minimum Gasteiger partial charge on any atom is -0.459 e. The molecule has 2 N–H and O–H groups in total. The third-order valence-electron chi connectivity index (χ3n) is 3.32. The van der Waals surface area contributed by atoms with E-state index in [9.17, 15) is 4.79 Å². The average Bonchev–Trinajstić information content (AvgIpc) is 2.82. The maximum Gasteiger partial charge on any atom is 0.233 e. The highest BCUT2D eigenvalue weighted by atomic mass is 16.3. The van der Waals surface area contributed by atoms with Crippen molar-refractivity contribution in [3.8, 4) is 0 Å². The molecule has 19 heavy (non-hydrogen) atoms. The molecule has 2 rings (SSSR count). The predicted molar refractivity (Wildman–Crippen MR) is 76.1 cm³/mol. The summed E-state index contributed by atoms with van der Waals surface area (Å²) in [6.07, 6.45) is 0.915. The van der Waals surface area contributed by atoms with Crippen LogP contribution in [0.25, 0.3) is 11.0 Å². The van der Waals surface area contributed by atoms with E-state index >= 15 is 0 Å². The van der Waals surface area contributed by atoms with E-state index in [4.69, 9.17) is 4.42 Å². The second-order valence-electron chi connectivity index (χ2n) is 4.57. The van der Waals surface area contributed by atoms with Gasteiger partial charge in [-0.25, -0.2) is 0 Å². The van der Waals surface area contributed by atoms with Crippen LogP contribution in [0, 0.1) is 0 Å². The van der Waals surface area contributed by atoms with Crippen LogP contribution in [0.2, 0.25) is 0 Å². The number of nitrogens with one attached hydrogen (secondary N) is 2. The second kappa shape index (κ2) is 5.89. The van der Waals surface area contributed by atoms with E-state index < -0.39 is 0 Å². The van der Waals surface area contributed by atoms with E-state index in [1.807, 2.05) is 25.1 Å². The normalized spacial score (nSPS) is 12.6. The van der Waals surface area contributed by atoms with Gasteiger partial charge in [0.15, 0.2) is 0 Å². The topological polar surface area (TPSA) is 54.3 Å². The highest BCUT2D eigenvalue weighted by Crippen LogP contribution is 2.30. The third-order valence-corrected chi connectivity index (χ3v) is 3.32. The largest absolute Gasteiger partial charge is 0.459 e. The summed E-state index contributed by atoms with van der Waals surface area (Å²) in [4.78, 5) is 11.3. The minimum atomic E-state index is -0.0268. The van der Waals surface area contributed by atoms with Gasteiger partial charge in [0, 0.05) is 18.0 Å². The van der Waals surface area contributed by atoms with Crippen molar-refractivity contribution >= 4 is 16.9 Å². The Morgan fingerprint density at radius 3 is 2.79 bits per heavy atom. The molecule has 0 aliphatic heterocycles. The SMILES string of the molecule is CCc1c(C(C)NCC(=O)NC)oc2ccccc12. The predicted octanol–water partition coefficient (Wildman–Crippen LogP) is 2.39. The Labute approximate surface area is 113 Å². The Hall–Kier alpha value is -1.81. The van der Waals surface area contributed by atoms with Crippen molar-refractivity contribution in [3.05, 3.63) is 35.6 Å².